The fourth-order valence-corrected chi connectivity index (χ4v) is 5.13. The number of benzene rings is 2. The van der Waals surface area contributed by atoms with Gasteiger partial charge in [0.25, 0.3) is 5.91 Å². The molecule has 3 amide bonds. The SMILES string of the molecule is O=C(O)CC[C@H](NC(=O)c1nc(-c2ccccc2)sc1-c1ccccc1)C(=O)N1CCN(C(=O)O)CC1. The van der Waals surface area contributed by atoms with E-state index in [4.69, 9.17) is 5.11 Å². The Balaban J connectivity index is 1.60. The fraction of sp³-hybridized carbons (Fsp3) is 0.269. The molecule has 3 N–H and O–H groups in total. The zero-order chi connectivity index (χ0) is 26.4. The van der Waals surface area contributed by atoms with Gasteiger partial charge in [0.15, 0.2) is 0 Å². The number of nitrogens with zero attached hydrogens (tertiary/aromatic N) is 3. The molecule has 1 aromatic heterocycles. The van der Waals surface area contributed by atoms with E-state index in [1.165, 1.54) is 21.1 Å². The van der Waals surface area contributed by atoms with Gasteiger partial charge in [0.05, 0.1) is 4.88 Å². The summed E-state index contributed by atoms with van der Waals surface area (Å²) < 4.78 is 0. The van der Waals surface area contributed by atoms with Crippen LogP contribution in [0.3, 0.4) is 0 Å². The van der Waals surface area contributed by atoms with Gasteiger partial charge in [-0.05, 0) is 12.0 Å². The third-order valence-electron chi connectivity index (χ3n) is 6.01. The summed E-state index contributed by atoms with van der Waals surface area (Å²) in [6, 6.07) is 17.7. The molecular formula is C26H26N4O6S. The Hall–Kier alpha value is -4.25. The third kappa shape index (κ3) is 6.31. The summed E-state index contributed by atoms with van der Waals surface area (Å²) in [6.07, 6.45) is -1.48. The number of aliphatic carboxylic acids is 1. The van der Waals surface area contributed by atoms with Crippen LogP contribution in [-0.2, 0) is 9.59 Å². The van der Waals surface area contributed by atoms with Crippen LogP contribution in [0.4, 0.5) is 4.79 Å². The number of aromatic nitrogens is 1. The molecule has 1 atom stereocenters. The van der Waals surface area contributed by atoms with Crippen LogP contribution < -0.4 is 5.32 Å². The minimum absolute atomic E-state index is 0.102. The summed E-state index contributed by atoms with van der Waals surface area (Å²) in [7, 11) is 0. The molecular weight excluding hydrogens is 496 g/mol. The van der Waals surface area contributed by atoms with Crippen molar-refractivity contribution in [3.63, 3.8) is 0 Å². The number of piperazine rings is 1. The van der Waals surface area contributed by atoms with Crippen molar-refractivity contribution < 1.29 is 29.4 Å². The van der Waals surface area contributed by atoms with Crippen LogP contribution in [0.5, 0.6) is 0 Å². The van der Waals surface area contributed by atoms with Gasteiger partial charge in [0.1, 0.15) is 16.7 Å². The monoisotopic (exact) mass is 522 g/mol. The number of amides is 3. The minimum Gasteiger partial charge on any atom is -0.481 e. The van der Waals surface area contributed by atoms with Crippen molar-refractivity contribution in [3.8, 4) is 21.0 Å². The van der Waals surface area contributed by atoms with Crippen LogP contribution in [0, 0.1) is 0 Å². The molecule has 4 rings (SSSR count). The molecule has 10 nitrogen and oxygen atoms in total. The maximum absolute atomic E-state index is 13.5. The summed E-state index contributed by atoms with van der Waals surface area (Å²) in [4.78, 5) is 57.1. The quantitative estimate of drug-likeness (QED) is 0.412. The molecule has 11 heteroatoms. The first kappa shape index (κ1) is 25.8. The molecule has 0 aliphatic carbocycles. The van der Waals surface area contributed by atoms with Gasteiger partial charge in [-0.2, -0.15) is 0 Å². The van der Waals surface area contributed by atoms with Crippen molar-refractivity contribution in [2.24, 2.45) is 0 Å². The van der Waals surface area contributed by atoms with E-state index in [-0.39, 0.29) is 44.7 Å². The molecule has 0 unspecified atom stereocenters. The highest BCUT2D eigenvalue weighted by Gasteiger charge is 2.31. The summed E-state index contributed by atoms with van der Waals surface area (Å²) >= 11 is 1.36. The Bertz CT molecular complexity index is 1270. The zero-order valence-corrected chi connectivity index (χ0v) is 20.7. The highest BCUT2D eigenvalue weighted by Crippen LogP contribution is 2.35. The van der Waals surface area contributed by atoms with E-state index in [0.29, 0.717) is 9.88 Å². The predicted octanol–water partition coefficient (Wildman–Crippen LogP) is 3.26. The second kappa shape index (κ2) is 11.7. The average molecular weight is 523 g/mol. The zero-order valence-electron chi connectivity index (χ0n) is 19.9. The Labute approximate surface area is 217 Å². The van der Waals surface area contributed by atoms with E-state index in [9.17, 15) is 24.3 Å². The summed E-state index contributed by atoms with van der Waals surface area (Å²) in [5.74, 6) is -2.11. The van der Waals surface area contributed by atoms with Crippen molar-refractivity contribution in [1.82, 2.24) is 20.1 Å². The van der Waals surface area contributed by atoms with E-state index < -0.39 is 29.9 Å². The van der Waals surface area contributed by atoms with E-state index in [0.717, 1.165) is 11.1 Å². The number of carboxylic acid groups (broad SMARTS) is 2. The standard InChI is InChI=1S/C26H26N4O6S/c31-20(32)12-11-19(25(34)29-13-15-30(16-14-29)26(35)36)27-23(33)21-22(17-7-3-1-4-8-17)37-24(28-21)18-9-5-2-6-10-18/h1-10,19H,11-16H2,(H,27,33)(H,31,32)(H,35,36)/t19-/m0/s1. The highest BCUT2D eigenvalue weighted by atomic mass is 32.1. The summed E-state index contributed by atoms with van der Waals surface area (Å²) in [5.41, 5.74) is 1.79. The van der Waals surface area contributed by atoms with E-state index in [1.54, 1.807) is 0 Å². The van der Waals surface area contributed by atoms with Crippen LogP contribution in [0.1, 0.15) is 23.3 Å². The van der Waals surface area contributed by atoms with Crippen molar-refractivity contribution >= 4 is 35.2 Å². The van der Waals surface area contributed by atoms with Crippen molar-refractivity contribution in [2.45, 2.75) is 18.9 Å². The highest BCUT2D eigenvalue weighted by molar-refractivity contribution is 7.18. The first-order valence-electron chi connectivity index (χ1n) is 11.7. The second-order valence-corrected chi connectivity index (χ2v) is 9.48. The molecule has 0 radical (unpaired) electrons. The van der Waals surface area contributed by atoms with Gasteiger partial charge in [-0.15, -0.1) is 11.3 Å². The van der Waals surface area contributed by atoms with E-state index in [1.807, 2.05) is 60.7 Å². The number of carboxylic acids is 1. The molecule has 1 aliphatic rings. The van der Waals surface area contributed by atoms with Crippen LogP contribution in [0.2, 0.25) is 0 Å². The molecule has 3 aromatic rings. The lowest BCUT2D eigenvalue weighted by Crippen LogP contribution is -2.55. The van der Waals surface area contributed by atoms with Crippen LogP contribution >= 0.6 is 11.3 Å². The molecule has 0 bridgehead atoms. The molecule has 1 aliphatic heterocycles. The molecule has 1 fully saturated rings. The van der Waals surface area contributed by atoms with Crippen molar-refractivity contribution in [1.29, 1.82) is 0 Å². The molecule has 192 valence electrons. The Morgan fingerprint density at radius 2 is 1.43 bits per heavy atom. The number of hydrogen-bond acceptors (Lipinski definition) is 6. The molecule has 2 aromatic carbocycles. The lowest BCUT2D eigenvalue weighted by Gasteiger charge is -2.35. The number of carbonyl (C=O) groups is 4. The first-order valence-corrected chi connectivity index (χ1v) is 12.6. The Morgan fingerprint density at radius 1 is 0.865 bits per heavy atom. The smallest absolute Gasteiger partial charge is 0.407 e. The van der Waals surface area contributed by atoms with Crippen molar-refractivity contribution in [3.05, 3.63) is 66.4 Å². The third-order valence-corrected chi connectivity index (χ3v) is 7.16. The molecule has 37 heavy (non-hydrogen) atoms. The van der Waals surface area contributed by atoms with Crippen LogP contribution in [0.25, 0.3) is 21.0 Å². The lowest BCUT2D eigenvalue weighted by atomic mass is 10.1. The van der Waals surface area contributed by atoms with Crippen LogP contribution in [-0.4, -0.2) is 81.1 Å². The largest absolute Gasteiger partial charge is 0.481 e. The lowest BCUT2D eigenvalue weighted by molar-refractivity contribution is -0.138. The van der Waals surface area contributed by atoms with Crippen LogP contribution in [0.15, 0.2) is 60.7 Å². The van der Waals surface area contributed by atoms with Gasteiger partial charge in [-0.25, -0.2) is 9.78 Å². The van der Waals surface area contributed by atoms with E-state index >= 15 is 0 Å². The second-order valence-electron chi connectivity index (χ2n) is 8.48. The van der Waals surface area contributed by atoms with Gasteiger partial charge in [-0.3, -0.25) is 14.4 Å². The maximum atomic E-state index is 13.5. The maximum Gasteiger partial charge on any atom is 0.407 e. The molecule has 0 spiro atoms. The molecule has 2 heterocycles. The van der Waals surface area contributed by atoms with Crippen molar-refractivity contribution in [2.75, 3.05) is 26.2 Å². The molecule has 1 saturated heterocycles. The molecule has 0 saturated carbocycles. The Kier molecular flexibility index (Phi) is 8.14. The minimum atomic E-state index is -1.09. The Morgan fingerprint density at radius 3 is 2.00 bits per heavy atom. The summed E-state index contributed by atoms with van der Waals surface area (Å²) in [5, 5.41) is 21.7. The average Bonchev–Trinajstić information content (AvgIpc) is 3.37. The van der Waals surface area contributed by atoms with Gasteiger partial charge in [0.2, 0.25) is 5.91 Å². The number of hydrogen-bond donors (Lipinski definition) is 3. The van der Waals surface area contributed by atoms with Gasteiger partial charge < -0.3 is 25.3 Å². The number of nitrogens with one attached hydrogen (secondary N) is 1. The first-order chi connectivity index (χ1) is 17.8. The number of thiazole rings is 1. The van der Waals surface area contributed by atoms with Gasteiger partial charge in [-0.1, -0.05) is 60.7 Å². The number of carbonyl (C=O) groups excluding carboxylic acids is 2. The normalized spacial score (nSPS) is 14.2. The number of rotatable bonds is 8. The van der Waals surface area contributed by atoms with E-state index in [2.05, 4.69) is 10.3 Å². The fourth-order valence-electron chi connectivity index (χ4n) is 4.05. The topological polar surface area (TPSA) is 140 Å². The predicted molar refractivity (Wildman–Crippen MR) is 137 cm³/mol. The van der Waals surface area contributed by atoms with Gasteiger partial charge in [0, 0.05) is 38.2 Å². The van der Waals surface area contributed by atoms with Gasteiger partial charge >= 0.3 is 12.1 Å². The summed E-state index contributed by atoms with van der Waals surface area (Å²) in [6.45, 7) is 0.611.